The van der Waals surface area contributed by atoms with Crippen molar-refractivity contribution in [3.8, 4) is 0 Å². The van der Waals surface area contributed by atoms with Gasteiger partial charge in [0, 0.05) is 6.42 Å². The fourth-order valence-corrected chi connectivity index (χ4v) is 1.70. The van der Waals surface area contributed by atoms with Crippen molar-refractivity contribution < 1.29 is 33.9 Å². The van der Waals surface area contributed by atoms with Crippen molar-refractivity contribution in [3.05, 3.63) is 37.4 Å². The van der Waals surface area contributed by atoms with Gasteiger partial charge in [-0.15, -0.1) is 0 Å². The summed E-state index contributed by atoms with van der Waals surface area (Å²) in [6, 6.07) is 0. The minimum atomic E-state index is 0. The molecule has 2 heterocycles. The van der Waals surface area contributed by atoms with E-state index in [0.717, 1.165) is 19.5 Å². The van der Waals surface area contributed by atoms with Gasteiger partial charge in [0.2, 0.25) is 12.7 Å². The van der Waals surface area contributed by atoms with Crippen molar-refractivity contribution in [2.45, 2.75) is 19.5 Å². The predicted molar refractivity (Wildman–Crippen MR) is 55.8 cm³/mol. The Bertz CT molecular complexity index is 396. The third kappa shape index (κ3) is 4.79. The number of aryl methyl sites for hydroxylation is 4. The maximum Gasteiger partial charge on any atom is 0.243 e. The Kier molecular flexibility index (Phi) is 6.92. The van der Waals surface area contributed by atoms with Gasteiger partial charge in [-0.05, 0) is 0 Å². The van der Waals surface area contributed by atoms with Gasteiger partial charge in [-0.3, -0.25) is 0 Å². The van der Waals surface area contributed by atoms with Gasteiger partial charge < -0.3 is 24.8 Å². The second-order valence-electron chi connectivity index (χ2n) is 3.99. The average molecular weight is 277 g/mol. The lowest BCUT2D eigenvalue weighted by Crippen LogP contribution is -3.00. The lowest BCUT2D eigenvalue weighted by molar-refractivity contribution is -0.671. The molecule has 2 rings (SSSR count). The van der Waals surface area contributed by atoms with Crippen molar-refractivity contribution in [3.63, 3.8) is 0 Å². The number of aromatic nitrogens is 4. The Balaban J connectivity index is 0.00000128. The van der Waals surface area contributed by atoms with Crippen LogP contribution in [-0.4, -0.2) is 9.13 Å². The van der Waals surface area contributed by atoms with Crippen LogP contribution in [0.1, 0.15) is 6.42 Å². The van der Waals surface area contributed by atoms with Crippen molar-refractivity contribution >= 4 is 0 Å². The standard InChI is InChI=1S/C11H18N4.2ClH/c1-12-6-8-14(10-12)4-3-5-15-9-7-13(2)11-15;;/h6-11H,3-5H2,1-2H3;2*1H/q+2;;/p-2. The number of imidazole rings is 2. The highest BCUT2D eigenvalue weighted by atomic mass is 35.5. The lowest BCUT2D eigenvalue weighted by atomic mass is 10.4. The molecule has 17 heavy (non-hydrogen) atoms. The van der Waals surface area contributed by atoms with E-state index in [-0.39, 0.29) is 24.8 Å². The molecule has 96 valence electrons. The van der Waals surface area contributed by atoms with Crippen molar-refractivity contribution in [1.82, 2.24) is 9.13 Å². The van der Waals surface area contributed by atoms with Gasteiger partial charge in [0.15, 0.2) is 0 Å². The molecular formula is C11H18Cl2N4. The van der Waals surface area contributed by atoms with E-state index in [9.17, 15) is 0 Å². The summed E-state index contributed by atoms with van der Waals surface area (Å²) in [5, 5.41) is 0. The van der Waals surface area contributed by atoms with E-state index in [0.29, 0.717) is 0 Å². The molecular weight excluding hydrogens is 259 g/mol. The van der Waals surface area contributed by atoms with E-state index in [1.54, 1.807) is 0 Å². The van der Waals surface area contributed by atoms with Gasteiger partial charge in [-0.2, -0.15) is 0 Å². The molecule has 0 aliphatic carbocycles. The van der Waals surface area contributed by atoms with Crippen molar-refractivity contribution in [1.29, 1.82) is 0 Å². The molecule has 0 radical (unpaired) electrons. The van der Waals surface area contributed by atoms with Gasteiger partial charge in [0.25, 0.3) is 0 Å². The van der Waals surface area contributed by atoms with Crippen LogP contribution >= 0.6 is 0 Å². The summed E-state index contributed by atoms with van der Waals surface area (Å²) in [6.07, 6.45) is 13.7. The van der Waals surface area contributed by atoms with Crippen LogP contribution in [0.4, 0.5) is 0 Å². The van der Waals surface area contributed by atoms with Crippen LogP contribution in [-0.2, 0) is 27.2 Å². The summed E-state index contributed by atoms with van der Waals surface area (Å²) >= 11 is 0. The molecule has 0 N–H and O–H groups in total. The first-order valence-corrected chi connectivity index (χ1v) is 5.26. The van der Waals surface area contributed by atoms with E-state index in [2.05, 4.69) is 55.7 Å². The number of rotatable bonds is 4. The second kappa shape index (κ2) is 7.35. The predicted octanol–water partition coefficient (Wildman–Crippen LogP) is -5.96. The molecule has 0 aromatic carbocycles. The van der Waals surface area contributed by atoms with Gasteiger partial charge in [0.05, 0.1) is 27.2 Å². The Morgan fingerprint density at radius 3 is 1.53 bits per heavy atom. The van der Waals surface area contributed by atoms with Crippen LogP contribution in [0.25, 0.3) is 0 Å². The molecule has 0 bridgehead atoms. The van der Waals surface area contributed by atoms with E-state index >= 15 is 0 Å². The molecule has 0 fully saturated rings. The number of hydrogen-bond donors (Lipinski definition) is 0. The molecule has 0 spiro atoms. The SMILES string of the molecule is C[n+]1ccn(CCCn2cc[n+](C)c2)c1.[Cl-].[Cl-]. The summed E-state index contributed by atoms with van der Waals surface area (Å²) in [5.41, 5.74) is 0. The van der Waals surface area contributed by atoms with Crippen LogP contribution in [0, 0.1) is 0 Å². The van der Waals surface area contributed by atoms with E-state index < -0.39 is 0 Å². The largest absolute Gasteiger partial charge is 1.00 e. The number of hydrogen-bond acceptors (Lipinski definition) is 0. The first-order chi connectivity index (χ1) is 7.24. The summed E-state index contributed by atoms with van der Waals surface area (Å²) < 4.78 is 8.55. The van der Waals surface area contributed by atoms with Crippen LogP contribution in [0.15, 0.2) is 37.4 Å². The zero-order chi connectivity index (χ0) is 10.7. The minimum Gasteiger partial charge on any atom is -1.00 e. The summed E-state index contributed by atoms with van der Waals surface area (Å²) in [7, 11) is 4.09. The van der Waals surface area contributed by atoms with Gasteiger partial charge in [-0.1, -0.05) is 0 Å². The minimum absolute atomic E-state index is 0. The maximum atomic E-state index is 2.21. The van der Waals surface area contributed by atoms with E-state index in [1.807, 2.05) is 14.1 Å². The van der Waals surface area contributed by atoms with Crippen LogP contribution < -0.4 is 33.9 Å². The van der Waals surface area contributed by atoms with Crippen molar-refractivity contribution in [2.75, 3.05) is 0 Å². The Hall–Kier alpha value is -1.00. The molecule has 0 aliphatic heterocycles. The number of halogens is 2. The Morgan fingerprint density at radius 2 is 1.24 bits per heavy atom. The van der Waals surface area contributed by atoms with Gasteiger partial charge in [-0.25, -0.2) is 18.3 Å². The first kappa shape index (κ1) is 16.0. The zero-order valence-electron chi connectivity index (χ0n) is 10.1. The number of nitrogens with zero attached hydrogens (tertiary/aromatic N) is 4. The molecule has 2 aromatic rings. The lowest BCUT2D eigenvalue weighted by Gasteiger charge is -1.94. The zero-order valence-corrected chi connectivity index (χ0v) is 11.6. The summed E-state index contributed by atoms with van der Waals surface area (Å²) in [5.74, 6) is 0. The second-order valence-corrected chi connectivity index (χ2v) is 3.99. The van der Waals surface area contributed by atoms with Crippen LogP contribution in [0.5, 0.6) is 0 Å². The molecule has 0 aliphatic rings. The Morgan fingerprint density at radius 1 is 0.824 bits per heavy atom. The third-order valence-corrected chi connectivity index (χ3v) is 2.48. The summed E-state index contributed by atoms with van der Waals surface area (Å²) in [4.78, 5) is 0. The third-order valence-electron chi connectivity index (χ3n) is 2.48. The fraction of sp³-hybridized carbons (Fsp3) is 0.455. The van der Waals surface area contributed by atoms with Gasteiger partial charge in [0.1, 0.15) is 24.8 Å². The van der Waals surface area contributed by atoms with Crippen LogP contribution in [0.3, 0.4) is 0 Å². The highest BCUT2D eigenvalue weighted by molar-refractivity contribution is 4.68. The molecule has 2 aromatic heterocycles. The van der Waals surface area contributed by atoms with Crippen molar-refractivity contribution in [2.24, 2.45) is 14.1 Å². The quantitative estimate of drug-likeness (QED) is 0.495. The normalized spacial score (nSPS) is 9.53. The smallest absolute Gasteiger partial charge is 0.243 e. The van der Waals surface area contributed by atoms with E-state index in [1.165, 1.54) is 0 Å². The first-order valence-electron chi connectivity index (χ1n) is 5.26. The molecule has 4 nitrogen and oxygen atoms in total. The molecule has 6 heteroatoms. The fourth-order valence-electron chi connectivity index (χ4n) is 1.70. The Labute approximate surface area is 114 Å². The maximum absolute atomic E-state index is 2.21. The van der Waals surface area contributed by atoms with E-state index in [4.69, 9.17) is 0 Å². The highest BCUT2D eigenvalue weighted by Crippen LogP contribution is 1.93. The molecule has 0 amide bonds. The monoisotopic (exact) mass is 276 g/mol. The van der Waals surface area contributed by atoms with Gasteiger partial charge >= 0.3 is 0 Å². The topological polar surface area (TPSA) is 17.6 Å². The summed E-state index contributed by atoms with van der Waals surface area (Å²) in [6.45, 7) is 2.14. The molecule has 0 atom stereocenters. The van der Waals surface area contributed by atoms with Crippen LogP contribution in [0.2, 0.25) is 0 Å². The average Bonchev–Trinajstić information content (AvgIpc) is 2.76. The molecule has 0 unspecified atom stereocenters. The molecule has 0 saturated carbocycles. The molecule has 0 saturated heterocycles. The highest BCUT2D eigenvalue weighted by Gasteiger charge is 2.02.